The van der Waals surface area contributed by atoms with Crippen molar-refractivity contribution in [3.63, 3.8) is 0 Å². The molecule has 0 aromatic carbocycles. The van der Waals surface area contributed by atoms with Crippen molar-refractivity contribution in [2.75, 3.05) is 26.1 Å². The molecule has 0 aromatic heterocycles. The molecule has 0 unspecified atom stereocenters. The van der Waals surface area contributed by atoms with E-state index in [0.717, 1.165) is 0 Å². The van der Waals surface area contributed by atoms with E-state index in [9.17, 15) is 9.90 Å². The molecule has 0 spiro atoms. The van der Waals surface area contributed by atoms with Crippen molar-refractivity contribution in [1.29, 1.82) is 0 Å². The molecule has 1 aliphatic rings. The van der Waals surface area contributed by atoms with Crippen molar-refractivity contribution in [3.8, 4) is 0 Å². The first-order chi connectivity index (χ1) is 6.67. The summed E-state index contributed by atoms with van der Waals surface area (Å²) in [5.74, 6) is 0.113. The van der Waals surface area contributed by atoms with Crippen LogP contribution in [0.2, 0.25) is 0 Å². The van der Waals surface area contributed by atoms with Gasteiger partial charge in [0.25, 0.3) is 5.91 Å². The third-order valence-corrected chi connectivity index (χ3v) is 2.53. The fourth-order valence-electron chi connectivity index (χ4n) is 1.65. The number of hydrogen-bond donors (Lipinski definition) is 2. The fraction of sp³-hybridized carbons (Fsp3) is 0.875. The van der Waals surface area contributed by atoms with E-state index in [1.54, 1.807) is 0 Å². The Bertz CT molecular complexity index is 214. The number of β-lactam (4-membered cyclic amide) rings is 1. The third-order valence-electron chi connectivity index (χ3n) is 2.36. The van der Waals surface area contributed by atoms with E-state index < -0.39 is 24.9 Å². The van der Waals surface area contributed by atoms with Crippen LogP contribution in [0.1, 0.15) is 0 Å². The summed E-state index contributed by atoms with van der Waals surface area (Å²) in [7, 11) is 1.40. The van der Waals surface area contributed by atoms with Gasteiger partial charge in [-0.25, -0.2) is 0 Å². The SMILES string of the molecule is CO[C@H]1C(=O)N(CCCl)[C@H]1[C@H](O)CO. The highest BCUT2D eigenvalue weighted by Gasteiger charge is 2.50. The number of aliphatic hydroxyl groups excluding tert-OH is 2. The maximum Gasteiger partial charge on any atom is 0.254 e. The number of carbonyl (C=O) groups excluding carboxylic acids is 1. The summed E-state index contributed by atoms with van der Waals surface area (Å²) in [4.78, 5) is 12.8. The minimum absolute atomic E-state index is 0.189. The lowest BCUT2D eigenvalue weighted by Crippen LogP contribution is -2.70. The Balaban J connectivity index is 2.63. The number of ether oxygens (including phenoxy) is 1. The number of alkyl halides is 1. The number of rotatable bonds is 5. The maximum atomic E-state index is 11.4. The van der Waals surface area contributed by atoms with Crippen LogP contribution in [0.15, 0.2) is 0 Å². The van der Waals surface area contributed by atoms with Crippen LogP contribution in [0.4, 0.5) is 0 Å². The van der Waals surface area contributed by atoms with Crippen LogP contribution in [-0.2, 0) is 9.53 Å². The summed E-state index contributed by atoms with van der Waals surface area (Å²) in [5, 5.41) is 18.2. The molecule has 0 saturated carbocycles. The average Bonchev–Trinajstić information content (AvgIpc) is 2.21. The minimum Gasteiger partial charge on any atom is -0.394 e. The molecule has 6 heteroatoms. The topological polar surface area (TPSA) is 70.0 Å². The van der Waals surface area contributed by atoms with Gasteiger partial charge in [0, 0.05) is 19.5 Å². The van der Waals surface area contributed by atoms with Gasteiger partial charge in [-0.3, -0.25) is 4.79 Å². The van der Waals surface area contributed by atoms with Gasteiger partial charge in [-0.2, -0.15) is 0 Å². The lowest BCUT2D eigenvalue weighted by Gasteiger charge is -2.47. The molecular weight excluding hydrogens is 210 g/mol. The van der Waals surface area contributed by atoms with Crippen molar-refractivity contribution in [3.05, 3.63) is 0 Å². The number of nitrogens with zero attached hydrogens (tertiary/aromatic N) is 1. The molecule has 1 rings (SSSR count). The first-order valence-corrected chi connectivity index (χ1v) is 4.89. The van der Waals surface area contributed by atoms with Crippen molar-refractivity contribution in [1.82, 2.24) is 4.90 Å². The van der Waals surface area contributed by atoms with Gasteiger partial charge in [0.1, 0.15) is 6.10 Å². The summed E-state index contributed by atoms with van der Waals surface area (Å²) in [6.45, 7) is -0.0292. The van der Waals surface area contributed by atoms with Gasteiger partial charge >= 0.3 is 0 Å². The third kappa shape index (κ3) is 1.86. The van der Waals surface area contributed by atoms with Crippen molar-refractivity contribution in [2.24, 2.45) is 0 Å². The molecule has 3 atom stereocenters. The summed E-state index contributed by atoms with van der Waals surface area (Å²) < 4.78 is 4.91. The number of hydrogen-bond acceptors (Lipinski definition) is 4. The minimum atomic E-state index is -0.971. The molecule has 1 amide bonds. The molecule has 0 aliphatic carbocycles. The van der Waals surface area contributed by atoms with E-state index in [4.69, 9.17) is 21.4 Å². The van der Waals surface area contributed by atoms with Crippen molar-refractivity contribution >= 4 is 17.5 Å². The highest BCUT2D eigenvalue weighted by Crippen LogP contribution is 2.25. The summed E-state index contributed by atoms with van der Waals surface area (Å²) in [6, 6.07) is -0.476. The molecule has 1 aliphatic heterocycles. The Hall–Kier alpha value is -0.360. The predicted octanol–water partition coefficient (Wildman–Crippen LogP) is -1.20. The molecule has 2 N–H and O–H groups in total. The lowest BCUT2D eigenvalue weighted by molar-refractivity contribution is -0.182. The van der Waals surface area contributed by atoms with Gasteiger partial charge in [0.2, 0.25) is 0 Å². The van der Waals surface area contributed by atoms with Crippen LogP contribution in [0, 0.1) is 0 Å². The first kappa shape index (κ1) is 11.7. The van der Waals surface area contributed by atoms with Gasteiger partial charge in [0.05, 0.1) is 12.6 Å². The molecule has 82 valence electrons. The Morgan fingerprint density at radius 2 is 2.36 bits per heavy atom. The molecular formula is C8H14ClNO4. The maximum absolute atomic E-state index is 11.4. The summed E-state index contributed by atoms with van der Waals surface area (Å²) in [6.07, 6.45) is -1.62. The molecule has 0 aromatic rings. The van der Waals surface area contributed by atoms with E-state index in [-0.39, 0.29) is 5.91 Å². The zero-order valence-corrected chi connectivity index (χ0v) is 8.65. The lowest BCUT2D eigenvalue weighted by atomic mass is 9.93. The number of likely N-dealkylation sites (tertiary alicyclic amines) is 1. The number of amides is 1. The zero-order chi connectivity index (χ0) is 10.7. The fourth-order valence-corrected chi connectivity index (χ4v) is 1.83. The van der Waals surface area contributed by atoms with Crippen LogP contribution in [0.3, 0.4) is 0 Å². The Morgan fingerprint density at radius 1 is 1.71 bits per heavy atom. The molecule has 0 bridgehead atoms. The van der Waals surface area contributed by atoms with Gasteiger partial charge in [-0.15, -0.1) is 11.6 Å². The van der Waals surface area contributed by atoms with Crippen molar-refractivity contribution in [2.45, 2.75) is 18.2 Å². The standard InChI is InChI=1S/C8H14ClNO4/c1-14-7-6(5(12)4-11)10(3-2-9)8(7)13/h5-7,11-12H,2-4H2,1H3/t5-,6+,7-/m1/s1. The monoisotopic (exact) mass is 223 g/mol. The number of halogens is 1. The first-order valence-electron chi connectivity index (χ1n) is 4.35. The van der Waals surface area contributed by atoms with E-state index in [2.05, 4.69) is 0 Å². The molecule has 0 radical (unpaired) electrons. The normalized spacial score (nSPS) is 28.9. The second-order valence-electron chi connectivity index (χ2n) is 3.12. The highest BCUT2D eigenvalue weighted by molar-refractivity contribution is 6.18. The second kappa shape index (κ2) is 4.93. The average molecular weight is 224 g/mol. The van der Waals surface area contributed by atoms with Crippen LogP contribution in [0.5, 0.6) is 0 Å². The molecule has 1 heterocycles. The number of carbonyl (C=O) groups is 1. The molecule has 1 saturated heterocycles. The van der Waals surface area contributed by atoms with Crippen LogP contribution < -0.4 is 0 Å². The summed E-state index contributed by atoms with van der Waals surface area (Å²) >= 11 is 5.50. The van der Waals surface area contributed by atoms with E-state index in [1.807, 2.05) is 0 Å². The highest BCUT2D eigenvalue weighted by atomic mass is 35.5. The van der Waals surface area contributed by atoms with Crippen LogP contribution in [-0.4, -0.2) is 65.4 Å². The smallest absolute Gasteiger partial charge is 0.254 e. The van der Waals surface area contributed by atoms with E-state index >= 15 is 0 Å². The van der Waals surface area contributed by atoms with Gasteiger partial charge < -0.3 is 19.8 Å². The Morgan fingerprint density at radius 3 is 2.79 bits per heavy atom. The predicted molar refractivity (Wildman–Crippen MR) is 50.1 cm³/mol. The summed E-state index contributed by atoms with van der Waals surface area (Å²) in [5.41, 5.74) is 0. The van der Waals surface area contributed by atoms with Gasteiger partial charge in [-0.05, 0) is 0 Å². The molecule has 5 nitrogen and oxygen atoms in total. The molecule has 1 fully saturated rings. The Kier molecular flexibility index (Phi) is 4.12. The van der Waals surface area contributed by atoms with Gasteiger partial charge in [0.15, 0.2) is 6.10 Å². The Labute approximate surface area is 87.2 Å². The number of methoxy groups -OCH3 is 1. The second-order valence-corrected chi connectivity index (χ2v) is 3.50. The largest absolute Gasteiger partial charge is 0.394 e. The van der Waals surface area contributed by atoms with Crippen LogP contribution >= 0.6 is 11.6 Å². The van der Waals surface area contributed by atoms with E-state index in [1.165, 1.54) is 12.0 Å². The van der Waals surface area contributed by atoms with Gasteiger partial charge in [-0.1, -0.05) is 0 Å². The van der Waals surface area contributed by atoms with Crippen LogP contribution in [0.25, 0.3) is 0 Å². The molecule has 14 heavy (non-hydrogen) atoms. The van der Waals surface area contributed by atoms with Crippen molar-refractivity contribution < 1.29 is 19.7 Å². The zero-order valence-electron chi connectivity index (χ0n) is 7.89. The van der Waals surface area contributed by atoms with E-state index in [0.29, 0.717) is 12.4 Å². The number of aliphatic hydroxyl groups is 2. The quantitative estimate of drug-likeness (QED) is 0.454.